The fourth-order valence-corrected chi connectivity index (χ4v) is 1.51. The van der Waals surface area contributed by atoms with E-state index in [2.05, 4.69) is 5.32 Å². The lowest BCUT2D eigenvalue weighted by Crippen LogP contribution is -2.44. The molecule has 5 nitrogen and oxygen atoms in total. The summed E-state index contributed by atoms with van der Waals surface area (Å²) in [5.41, 5.74) is -0.844. The van der Waals surface area contributed by atoms with Gasteiger partial charge < -0.3 is 10.4 Å². The smallest absolute Gasteiger partial charge is 0.325 e. The molecule has 1 aliphatic heterocycles. The van der Waals surface area contributed by atoms with E-state index in [4.69, 9.17) is 11.6 Å². The van der Waals surface area contributed by atoms with Gasteiger partial charge in [0.25, 0.3) is 5.91 Å². The summed E-state index contributed by atoms with van der Waals surface area (Å²) in [7, 11) is 0. The number of amides is 3. The first kappa shape index (κ1) is 12.3. The van der Waals surface area contributed by atoms with Crippen LogP contribution < -0.4 is 5.32 Å². The molecule has 0 aromatic heterocycles. The van der Waals surface area contributed by atoms with Crippen LogP contribution in [0, 0.1) is 0 Å². The number of aliphatic hydroxyl groups is 1. The highest BCUT2D eigenvalue weighted by atomic mass is 35.5. The summed E-state index contributed by atoms with van der Waals surface area (Å²) < 4.78 is 0. The van der Waals surface area contributed by atoms with Gasteiger partial charge in [-0.25, -0.2) is 4.79 Å². The fourth-order valence-electron chi connectivity index (χ4n) is 1.41. The van der Waals surface area contributed by atoms with Crippen molar-refractivity contribution < 1.29 is 14.7 Å². The Morgan fingerprint density at radius 3 is 2.60 bits per heavy atom. The zero-order valence-electron chi connectivity index (χ0n) is 8.79. The number of nitrogens with zero attached hydrogens (tertiary/aromatic N) is 1. The highest BCUT2D eigenvalue weighted by molar-refractivity contribution is 6.18. The van der Waals surface area contributed by atoms with E-state index in [9.17, 15) is 14.7 Å². The predicted octanol–water partition coefficient (Wildman–Crippen LogP) is 0.307. The van der Waals surface area contributed by atoms with Crippen molar-refractivity contribution in [1.29, 1.82) is 0 Å². The number of rotatable bonds is 4. The van der Waals surface area contributed by atoms with Gasteiger partial charge in [-0.3, -0.25) is 9.69 Å². The summed E-state index contributed by atoms with van der Waals surface area (Å²) in [6, 6.07) is -0.464. The van der Waals surface area contributed by atoms with E-state index in [0.717, 1.165) is 4.90 Å². The molecule has 0 spiro atoms. The lowest BCUT2D eigenvalue weighted by atomic mass is 9.99. The Labute approximate surface area is 93.4 Å². The van der Waals surface area contributed by atoms with Crippen LogP contribution in [-0.2, 0) is 4.79 Å². The first-order valence-corrected chi connectivity index (χ1v) is 5.36. The number of alkyl halides is 1. The zero-order valence-corrected chi connectivity index (χ0v) is 9.54. The number of hydrogen-bond acceptors (Lipinski definition) is 3. The van der Waals surface area contributed by atoms with Crippen LogP contribution in [0.25, 0.3) is 0 Å². The molecule has 0 radical (unpaired) electrons. The van der Waals surface area contributed by atoms with Crippen LogP contribution >= 0.6 is 11.6 Å². The Bertz CT molecular complexity index is 285. The van der Waals surface area contributed by atoms with Crippen LogP contribution in [0.2, 0.25) is 0 Å². The van der Waals surface area contributed by atoms with Crippen molar-refractivity contribution in [3.05, 3.63) is 0 Å². The van der Waals surface area contributed by atoms with Gasteiger partial charge in [-0.2, -0.15) is 0 Å². The summed E-state index contributed by atoms with van der Waals surface area (Å²) in [5, 5.41) is 11.9. The molecule has 0 aliphatic carbocycles. The quantitative estimate of drug-likeness (QED) is 0.543. The van der Waals surface area contributed by atoms with E-state index in [1.54, 1.807) is 6.92 Å². The molecule has 2 N–H and O–H groups in total. The minimum Gasteiger partial charge on any atom is -0.390 e. The SMILES string of the molecule is CCC1(C)NC(=O)N(CC(O)CCl)C1=O. The molecule has 0 aromatic rings. The Morgan fingerprint density at radius 2 is 2.20 bits per heavy atom. The molecule has 1 rings (SSSR count). The number of aliphatic hydroxyl groups excluding tert-OH is 1. The summed E-state index contributed by atoms with van der Waals surface area (Å²) in [5.74, 6) is -0.306. The minimum atomic E-state index is -0.874. The van der Waals surface area contributed by atoms with E-state index in [-0.39, 0.29) is 18.3 Å². The number of carbonyl (C=O) groups excluding carboxylic acids is 2. The van der Waals surface area contributed by atoms with Gasteiger partial charge >= 0.3 is 6.03 Å². The van der Waals surface area contributed by atoms with Crippen molar-refractivity contribution in [2.75, 3.05) is 12.4 Å². The minimum absolute atomic E-state index is 0.0000999. The van der Waals surface area contributed by atoms with Gasteiger partial charge in [-0.15, -0.1) is 11.6 Å². The molecule has 1 aliphatic rings. The van der Waals surface area contributed by atoms with Gasteiger partial charge in [0, 0.05) is 0 Å². The standard InChI is InChI=1S/C9H15ClN2O3/c1-3-9(2)7(14)12(8(15)11-9)5-6(13)4-10/h6,13H,3-5H2,1-2H3,(H,11,15). The Kier molecular flexibility index (Phi) is 3.57. The number of urea groups is 1. The third-order valence-corrected chi connectivity index (χ3v) is 2.98. The zero-order chi connectivity index (χ0) is 11.6. The third kappa shape index (κ3) is 2.23. The second-order valence-electron chi connectivity index (χ2n) is 3.84. The first-order chi connectivity index (χ1) is 6.94. The number of carbonyl (C=O) groups is 2. The average Bonchev–Trinajstić information content (AvgIpc) is 2.42. The number of imide groups is 1. The Hall–Kier alpha value is -0.810. The monoisotopic (exact) mass is 234 g/mol. The molecule has 0 aromatic carbocycles. The topological polar surface area (TPSA) is 69.6 Å². The highest BCUT2D eigenvalue weighted by Crippen LogP contribution is 2.20. The van der Waals surface area contributed by atoms with Crippen molar-refractivity contribution in [3.63, 3.8) is 0 Å². The van der Waals surface area contributed by atoms with Gasteiger partial charge in [-0.1, -0.05) is 6.92 Å². The molecule has 15 heavy (non-hydrogen) atoms. The van der Waals surface area contributed by atoms with Gasteiger partial charge in [0.15, 0.2) is 0 Å². The summed E-state index contributed by atoms with van der Waals surface area (Å²) in [4.78, 5) is 24.3. The van der Waals surface area contributed by atoms with Crippen LogP contribution in [0.1, 0.15) is 20.3 Å². The van der Waals surface area contributed by atoms with E-state index in [0.29, 0.717) is 6.42 Å². The van der Waals surface area contributed by atoms with Crippen LogP contribution in [-0.4, -0.2) is 46.0 Å². The van der Waals surface area contributed by atoms with E-state index in [1.807, 2.05) is 6.92 Å². The van der Waals surface area contributed by atoms with Crippen LogP contribution in [0.4, 0.5) is 4.79 Å². The summed E-state index contributed by atoms with van der Waals surface area (Å²) in [6.07, 6.45) is -0.356. The van der Waals surface area contributed by atoms with Gasteiger partial charge in [0.05, 0.1) is 18.5 Å². The number of hydrogen-bond donors (Lipinski definition) is 2. The molecular weight excluding hydrogens is 220 g/mol. The van der Waals surface area contributed by atoms with Gasteiger partial charge in [-0.05, 0) is 13.3 Å². The summed E-state index contributed by atoms with van der Waals surface area (Å²) in [6.45, 7) is 3.43. The highest BCUT2D eigenvalue weighted by Gasteiger charge is 2.46. The molecule has 2 atom stereocenters. The molecular formula is C9H15ClN2O3. The molecule has 2 unspecified atom stereocenters. The molecule has 6 heteroatoms. The number of halogens is 1. The van der Waals surface area contributed by atoms with Crippen molar-refractivity contribution in [2.45, 2.75) is 31.9 Å². The van der Waals surface area contributed by atoms with Gasteiger partial charge in [0.1, 0.15) is 5.54 Å². The maximum atomic E-state index is 11.8. The maximum Gasteiger partial charge on any atom is 0.325 e. The van der Waals surface area contributed by atoms with E-state index < -0.39 is 17.7 Å². The van der Waals surface area contributed by atoms with Gasteiger partial charge in [0.2, 0.25) is 0 Å². The van der Waals surface area contributed by atoms with Crippen molar-refractivity contribution >= 4 is 23.5 Å². The molecule has 1 fully saturated rings. The van der Waals surface area contributed by atoms with Crippen molar-refractivity contribution in [1.82, 2.24) is 10.2 Å². The lowest BCUT2D eigenvalue weighted by molar-refractivity contribution is -0.131. The van der Waals surface area contributed by atoms with Crippen LogP contribution in [0.15, 0.2) is 0 Å². The lowest BCUT2D eigenvalue weighted by Gasteiger charge is -2.20. The second-order valence-corrected chi connectivity index (χ2v) is 4.15. The molecule has 86 valence electrons. The molecule has 0 bridgehead atoms. The average molecular weight is 235 g/mol. The molecule has 1 saturated heterocycles. The Balaban J connectivity index is 2.76. The van der Waals surface area contributed by atoms with Crippen molar-refractivity contribution in [2.24, 2.45) is 0 Å². The number of nitrogens with one attached hydrogen (secondary N) is 1. The molecule has 1 heterocycles. The maximum absolute atomic E-state index is 11.8. The fraction of sp³-hybridized carbons (Fsp3) is 0.778. The number of β-amino-alcohol motifs (C(OH)–C–C–N with tert-alkyl or cyclic N) is 1. The molecule has 3 amide bonds. The van der Waals surface area contributed by atoms with E-state index in [1.165, 1.54) is 0 Å². The first-order valence-electron chi connectivity index (χ1n) is 4.82. The molecule has 0 saturated carbocycles. The van der Waals surface area contributed by atoms with Crippen LogP contribution in [0.3, 0.4) is 0 Å². The Morgan fingerprint density at radius 1 is 1.60 bits per heavy atom. The second kappa shape index (κ2) is 4.37. The van der Waals surface area contributed by atoms with Crippen LogP contribution in [0.5, 0.6) is 0 Å². The normalized spacial score (nSPS) is 28.1. The summed E-state index contributed by atoms with van der Waals surface area (Å²) >= 11 is 5.41. The van der Waals surface area contributed by atoms with E-state index >= 15 is 0 Å². The van der Waals surface area contributed by atoms with Crippen molar-refractivity contribution in [3.8, 4) is 0 Å². The largest absolute Gasteiger partial charge is 0.390 e. The predicted molar refractivity (Wildman–Crippen MR) is 55.7 cm³/mol. The third-order valence-electron chi connectivity index (χ3n) is 2.62.